The maximum atomic E-state index is 13.6. The summed E-state index contributed by atoms with van der Waals surface area (Å²) in [5, 5.41) is 12.3. The van der Waals surface area contributed by atoms with E-state index in [1.54, 1.807) is 30.3 Å². The Labute approximate surface area is 217 Å². The second kappa shape index (κ2) is 11.0. The summed E-state index contributed by atoms with van der Waals surface area (Å²) < 4.78 is 27.3. The van der Waals surface area contributed by atoms with Crippen molar-refractivity contribution in [3.63, 3.8) is 0 Å². The number of aliphatic carboxylic acids is 1. The molecule has 9 heteroatoms. The van der Waals surface area contributed by atoms with Crippen LogP contribution in [0.4, 0.5) is 8.78 Å². The van der Waals surface area contributed by atoms with Gasteiger partial charge >= 0.3 is 11.9 Å². The minimum Gasteiger partial charge on any atom is -0.477 e. The second-order valence-electron chi connectivity index (χ2n) is 8.70. The SMILES string of the molecule is CC(NC(=O)c1ccc2nc(-c3ccccc3)c(CCCC(F)(F)C(=O)O)nc2c1)c1ccc(Cl)cc1. The van der Waals surface area contributed by atoms with Crippen molar-refractivity contribution in [1.29, 1.82) is 0 Å². The molecule has 0 spiro atoms. The Morgan fingerprint density at radius 3 is 2.38 bits per heavy atom. The number of halogens is 3. The number of hydrogen-bond donors (Lipinski definition) is 2. The van der Waals surface area contributed by atoms with Crippen LogP contribution in [0.1, 0.15) is 47.4 Å². The van der Waals surface area contributed by atoms with Crippen LogP contribution >= 0.6 is 11.6 Å². The number of benzene rings is 3. The Kier molecular flexibility index (Phi) is 7.78. The number of carboxylic acid groups (broad SMARTS) is 1. The zero-order valence-electron chi connectivity index (χ0n) is 19.9. The highest BCUT2D eigenvalue weighted by molar-refractivity contribution is 6.30. The van der Waals surface area contributed by atoms with Gasteiger partial charge in [-0.25, -0.2) is 14.8 Å². The van der Waals surface area contributed by atoms with E-state index >= 15 is 0 Å². The van der Waals surface area contributed by atoms with Crippen molar-refractivity contribution < 1.29 is 23.5 Å². The molecule has 37 heavy (non-hydrogen) atoms. The monoisotopic (exact) mass is 523 g/mol. The number of nitrogens with zero attached hydrogens (tertiary/aromatic N) is 2. The minimum atomic E-state index is -3.82. The molecule has 1 amide bonds. The van der Waals surface area contributed by atoms with Crippen LogP contribution in [0.2, 0.25) is 5.02 Å². The van der Waals surface area contributed by atoms with E-state index in [4.69, 9.17) is 21.7 Å². The maximum Gasteiger partial charge on any atom is 0.374 e. The summed E-state index contributed by atoms with van der Waals surface area (Å²) in [7, 11) is 0. The van der Waals surface area contributed by atoms with E-state index < -0.39 is 18.3 Å². The first kappa shape index (κ1) is 26.2. The molecule has 6 nitrogen and oxygen atoms in total. The van der Waals surface area contributed by atoms with Crippen molar-refractivity contribution >= 4 is 34.5 Å². The highest BCUT2D eigenvalue weighted by atomic mass is 35.5. The molecule has 0 aliphatic carbocycles. The van der Waals surface area contributed by atoms with E-state index in [2.05, 4.69) is 10.3 Å². The van der Waals surface area contributed by atoms with Gasteiger partial charge < -0.3 is 10.4 Å². The Morgan fingerprint density at radius 1 is 1.00 bits per heavy atom. The van der Waals surface area contributed by atoms with E-state index in [1.165, 1.54) is 0 Å². The molecule has 1 atom stereocenters. The third kappa shape index (κ3) is 6.27. The molecule has 1 aromatic heterocycles. The van der Waals surface area contributed by atoms with Gasteiger partial charge in [-0.1, -0.05) is 54.1 Å². The molecule has 1 unspecified atom stereocenters. The highest BCUT2D eigenvalue weighted by Gasteiger charge is 2.37. The van der Waals surface area contributed by atoms with Crippen LogP contribution in [0.25, 0.3) is 22.3 Å². The molecule has 0 bridgehead atoms. The average molecular weight is 524 g/mol. The van der Waals surface area contributed by atoms with Gasteiger partial charge in [0, 0.05) is 22.6 Å². The first-order valence-corrected chi connectivity index (χ1v) is 12.1. The van der Waals surface area contributed by atoms with Gasteiger partial charge in [-0.3, -0.25) is 4.79 Å². The summed E-state index contributed by atoms with van der Waals surface area (Å²) in [5.41, 5.74) is 3.99. The van der Waals surface area contributed by atoms with Gasteiger partial charge in [0.2, 0.25) is 0 Å². The molecule has 0 saturated heterocycles. The number of carbonyl (C=O) groups is 2. The average Bonchev–Trinajstić information content (AvgIpc) is 2.88. The van der Waals surface area contributed by atoms with Gasteiger partial charge in [0.25, 0.3) is 5.91 Å². The summed E-state index contributed by atoms with van der Waals surface area (Å²) in [5.74, 6) is -6.27. The number of hydrogen-bond acceptors (Lipinski definition) is 4. The molecule has 190 valence electrons. The number of alkyl halides is 2. The van der Waals surface area contributed by atoms with Crippen molar-refractivity contribution in [1.82, 2.24) is 15.3 Å². The summed E-state index contributed by atoms with van der Waals surface area (Å²) in [6.07, 6.45) is -0.820. The van der Waals surface area contributed by atoms with E-state index in [-0.39, 0.29) is 24.8 Å². The normalized spacial score (nSPS) is 12.3. The molecule has 2 N–H and O–H groups in total. The molecule has 0 aliphatic rings. The largest absolute Gasteiger partial charge is 0.477 e. The van der Waals surface area contributed by atoms with Gasteiger partial charge in [0.15, 0.2) is 0 Å². The molecule has 0 aliphatic heterocycles. The van der Waals surface area contributed by atoms with E-state index in [1.807, 2.05) is 49.4 Å². The fraction of sp³-hybridized carbons (Fsp3) is 0.214. The van der Waals surface area contributed by atoms with Crippen LogP contribution in [-0.2, 0) is 11.2 Å². The Morgan fingerprint density at radius 2 is 1.70 bits per heavy atom. The minimum absolute atomic E-state index is 0.0973. The molecule has 0 radical (unpaired) electrons. The standard InChI is InChI=1S/C28H24ClF2N3O3/c1-17(18-9-12-21(29)13-10-18)32-26(35)20-11-14-22-24(16-20)33-23(8-5-15-28(30,31)27(36)37)25(34-22)19-6-3-2-4-7-19/h2-4,6-7,9-14,16-17H,5,8,15H2,1H3,(H,32,35)(H,36,37). The molecule has 4 aromatic rings. The molecule has 1 heterocycles. The van der Waals surface area contributed by atoms with E-state index in [0.29, 0.717) is 33.0 Å². The molecule has 4 rings (SSSR count). The van der Waals surface area contributed by atoms with Crippen molar-refractivity contribution in [3.05, 3.63) is 94.6 Å². The van der Waals surface area contributed by atoms with Crippen molar-refractivity contribution in [2.45, 2.75) is 38.2 Å². The van der Waals surface area contributed by atoms with Gasteiger partial charge in [0.05, 0.1) is 28.5 Å². The lowest BCUT2D eigenvalue weighted by Crippen LogP contribution is -2.28. The number of aryl methyl sites for hydroxylation is 1. The number of rotatable bonds is 9. The molecule has 3 aromatic carbocycles. The van der Waals surface area contributed by atoms with Crippen LogP contribution in [0.5, 0.6) is 0 Å². The summed E-state index contributed by atoms with van der Waals surface area (Å²) >= 11 is 5.94. The van der Waals surface area contributed by atoms with Gasteiger partial charge in [-0.15, -0.1) is 0 Å². The van der Waals surface area contributed by atoms with Gasteiger partial charge in [-0.2, -0.15) is 8.78 Å². The maximum absolute atomic E-state index is 13.6. The lowest BCUT2D eigenvalue weighted by molar-refractivity contribution is -0.165. The van der Waals surface area contributed by atoms with Crippen molar-refractivity contribution in [2.75, 3.05) is 0 Å². The van der Waals surface area contributed by atoms with Crippen molar-refractivity contribution in [3.8, 4) is 11.3 Å². The topological polar surface area (TPSA) is 92.2 Å². The number of amides is 1. The van der Waals surface area contributed by atoms with E-state index in [0.717, 1.165) is 11.1 Å². The summed E-state index contributed by atoms with van der Waals surface area (Å²) in [4.78, 5) is 33.1. The lowest BCUT2D eigenvalue weighted by Gasteiger charge is -2.15. The Hall–Kier alpha value is -3.91. The number of fused-ring (bicyclic) bond motifs is 1. The molecular formula is C28H24ClF2N3O3. The van der Waals surface area contributed by atoms with Gasteiger partial charge in [0.1, 0.15) is 0 Å². The molecule has 0 saturated carbocycles. The van der Waals surface area contributed by atoms with Crippen LogP contribution in [0, 0.1) is 0 Å². The number of aromatic nitrogens is 2. The number of carboxylic acids is 1. The van der Waals surface area contributed by atoms with Crippen LogP contribution < -0.4 is 5.32 Å². The van der Waals surface area contributed by atoms with Crippen LogP contribution in [-0.4, -0.2) is 32.9 Å². The predicted molar refractivity (Wildman–Crippen MR) is 138 cm³/mol. The first-order chi connectivity index (χ1) is 17.6. The zero-order chi connectivity index (χ0) is 26.6. The van der Waals surface area contributed by atoms with E-state index in [9.17, 15) is 18.4 Å². The fourth-order valence-corrected chi connectivity index (χ4v) is 4.06. The molecule has 0 fully saturated rings. The third-order valence-corrected chi connectivity index (χ3v) is 6.23. The highest BCUT2D eigenvalue weighted by Crippen LogP contribution is 2.27. The lowest BCUT2D eigenvalue weighted by atomic mass is 10.0. The summed E-state index contributed by atoms with van der Waals surface area (Å²) in [6, 6.07) is 21.1. The van der Waals surface area contributed by atoms with Crippen molar-refractivity contribution in [2.24, 2.45) is 0 Å². The summed E-state index contributed by atoms with van der Waals surface area (Å²) in [6.45, 7) is 1.86. The zero-order valence-corrected chi connectivity index (χ0v) is 20.7. The quantitative estimate of drug-likeness (QED) is 0.262. The van der Waals surface area contributed by atoms with Crippen LogP contribution in [0.3, 0.4) is 0 Å². The number of carbonyl (C=O) groups excluding carboxylic acids is 1. The van der Waals surface area contributed by atoms with Crippen LogP contribution in [0.15, 0.2) is 72.8 Å². The first-order valence-electron chi connectivity index (χ1n) is 11.7. The smallest absolute Gasteiger partial charge is 0.374 e. The molecular weight excluding hydrogens is 500 g/mol. The number of nitrogens with one attached hydrogen (secondary N) is 1. The third-order valence-electron chi connectivity index (χ3n) is 5.98. The Balaban J connectivity index is 1.62. The predicted octanol–water partition coefficient (Wildman–Crippen LogP) is 6.48. The second-order valence-corrected chi connectivity index (χ2v) is 9.13. The Bertz CT molecular complexity index is 1430. The fourth-order valence-electron chi connectivity index (χ4n) is 3.93. The van der Waals surface area contributed by atoms with Gasteiger partial charge in [-0.05, 0) is 55.7 Å².